The van der Waals surface area contributed by atoms with E-state index in [-0.39, 0.29) is 28.1 Å². The van der Waals surface area contributed by atoms with E-state index in [4.69, 9.17) is 26.3 Å². The second-order valence-electron chi connectivity index (χ2n) is 8.90. The third-order valence-corrected chi connectivity index (χ3v) is 6.76. The molecule has 44 heavy (non-hydrogen) atoms. The zero-order valence-electron chi connectivity index (χ0n) is 21.3. The summed E-state index contributed by atoms with van der Waals surface area (Å²) >= 11 is 0. The number of hydrogen-bond acceptors (Lipinski definition) is 3. The van der Waals surface area contributed by atoms with Crippen molar-refractivity contribution >= 4 is 28.1 Å². The highest BCUT2D eigenvalue weighted by molar-refractivity contribution is 6.24. The number of nitriles is 2. The van der Waals surface area contributed by atoms with Crippen LogP contribution in [0.2, 0.25) is 0 Å². The zero-order chi connectivity index (χ0) is 32.1. The number of allylic oxidation sites excluding steroid dienone is 4. The molecule has 7 nitrogen and oxygen atoms in total. The van der Waals surface area contributed by atoms with Gasteiger partial charge in [-0.25, -0.2) is 38.7 Å². The van der Waals surface area contributed by atoms with Crippen molar-refractivity contribution in [3.05, 3.63) is 139 Å². The maximum Gasteiger partial charge on any atom is 0.573 e. The van der Waals surface area contributed by atoms with Crippen LogP contribution in [-0.4, -0.2) is 6.36 Å². The van der Waals surface area contributed by atoms with Gasteiger partial charge >= 0.3 is 6.36 Å². The van der Waals surface area contributed by atoms with Crippen molar-refractivity contribution in [1.82, 2.24) is 0 Å². The fraction of sp³-hybridized carbons (Fsp3) is 0.0323. The summed E-state index contributed by atoms with van der Waals surface area (Å²) in [6, 6.07) is 11.8. The van der Waals surface area contributed by atoms with Gasteiger partial charge in [-0.1, -0.05) is 24.3 Å². The van der Waals surface area contributed by atoms with Gasteiger partial charge in [-0.3, -0.25) is 0 Å². The molecule has 0 aliphatic heterocycles. The first-order chi connectivity index (χ1) is 21.0. The lowest BCUT2D eigenvalue weighted by Crippen LogP contribution is -2.20. The monoisotopic (exact) mass is 592 g/mol. The molecular formula is C31H6F6N6O. The van der Waals surface area contributed by atoms with E-state index < -0.39 is 63.2 Å². The second-order valence-corrected chi connectivity index (χ2v) is 8.90. The molecule has 0 amide bonds. The van der Waals surface area contributed by atoms with Crippen LogP contribution in [0, 0.1) is 66.4 Å². The van der Waals surface area contributed by atoms with Gasteiger partial charge in [0.1, 0.15) is 0 Å². The van der Waals surface area contributed by atoms with Gasteiger partial charge in [0.05, 0.1) is 38.4 Å². The molecule has 3 aromatic rings. The Morgan fingerprint density at radius 2 is 1.30 bits per heavy atom. The number of fused-ring (bicyclic) bond motifs is 4. The van der Waals surface area contributed by atoms with Gasteiger partial charge in [0, 0.05) is 16.7 Å². The quantitative estimate of drug-likeness (QED) is 0.101. The van der Waals surface area contributed by atoms with Crippen molar-refractivity contribution in [2.75, 3.05) is 0 Å². The second kappa shape index (κ2) is 10.2. The summed E-state index contributed by atoms with van der Waals surface area (Å²) in [6.45, 7) is 30.0. The number of alkyl halides is 3. The summed E-state index contributed by atoms with van der Waals surface area (Å²) in [7, 11) is 0. The molecule has 3 aromatic carbocycles. The summed E-state index contributed by atoms with van der Waals surface area (Å²) < 4.78 is 88.2. The van der Waals surface area contributed by atoms with Crippen LogP contribution in [-0.2, 0) is 0 Å². The molecule has 0 saturated heterocycles. The third-order valence-electron chi connectivity index (χ3n) is 6.76. The summed E-state index contributed by atoms with van der Waals surface area (Å²) in [5.41, 5.74) is -4.02. The number of nitrogens with zero attached hydrogens (tertiary/aromatic N) is 6. The van der Waals surface area contributed by atoms with Crippen molar-refractivity contribution in [3.63, 3.8) is 0 Å². The summed E-state index contributed by atoms with van der Waals surface area (Å²) in [4.78, 5) is 12.8. The van der Waals surface area contributed by atoms with Crippen LogP contribution in [0.4, 0.5) is 32.0 Å². The van der Waals surface area contributed by atoms with Crippen LogP contribution >= 0.6 is 0 Å². The predicted molar refractivity (Wildman–Crippen MR) is 142 cm³/mol. The standard InChI is InChI=1S/C31H6F6N6O/c1-40-14-6-8-16-15-7-5-13(9-17(15)22(18(16)10-14)19(11-38)41-2)21-23(20(12-39)42-3)24-25(29(21)43-4)26(32)28(34)30(27(24)33)44-31(35,36)37/h5-10H/b22-19-,23-20+. The summed E-state index contributed by atoms with van der Waals surface area (Å²) in [5, 5.41) is 19.4. The molecule has 2 aliphatic carbocycles. The minimum Gasteiger partial charge on any atom is -0.399 e. The Morgan fingerprint density at radius 1 is 0.705 bits per heavy atom. The Labute approximate surface area is 244 Å². The normalized spacial score (nSPS) is 14.9. The number of halogens is 6. The van der Waals surface area contributed by atoms with Gasteiger partial charge in [-0.05, 0) is 51.1 Å². The molecule has 0 radical (unpaired) electrons. The summed E-state index contributed by atoms with van der Waals surface area (Å²) in [5.74, 6) is -8.75. The van der Waals surface area contributed by atoms with Crippen LogP contribution in [0.1, 0.15) is 27.8 Å². The lowest BCUT2D eigenvalue weighted by atomic mass is 9.91. The first-order valence-corrected chi connectivity index (χ1v) is 11.8. The Hall–Kier alpha value is -6.80. The number of ether oxygens (including phenoxy) is 1. The van der Waals surface area contributed by atoms with E-state index >= 15 is 8.78 Å². The van der Waals surface area contributed by atoms with E-state index in [0.717, 1.165) is 0 Å². The van der Waals surface area contributed by atoms with Crippen LogP contribution in [0.3, 0.4) is 0 Å². The van der Waals surface area contributed by atoms with Gasteiger partial charge in [0.2, 0.25) is 17.3 Å². The molecule has 13 heteroatoms. The van der Waals surface area contributed by atoms with Gasteiger partial charge in [-0.2, -0.15) is 4.39 Å². The molecule has 2 aliphatic rings. The average Bonchev–Trinajstić information content (AvgIpc) is 3.52. The van der Waals surface area contributed by atoms with Gasteiger partial charge in [-0.15, -0.1) is 13.2 Å². The Morgan fingerprint density at radius 3 is 1.84 bits per heavy atom. The molecule has 0 aromatic heterocycles. The molecule has 0 spiro atoms. The van der Waals surface area contributed by atoms with Gasteiger partial charge in [0.15, 0.2) is 17.3 Å². The molecule has 0 bridgehead atoms. The maximum absolute atomic E-state index is 15.6. The average molecular weight is 592 g/mol. The highest BCUT2D eigenvalue weighted by Crippen LogP contribution is 2.55. The number of hydrogen-bond donors (Lipinski definition) is 0. The zero-order valence-corrected chi connectivity index (χ0v) is 21.3. The smallest absolute Gasteiger partial charge is 0.399 e. The highest BCUT2D eigenvalue weighted by Gasteiger charge is 2.43. The van der Waals surface area contributed by atoms with Crippen molar-refractivity contribution in [2.24, 2.45) is 0 Å². The topological polar surface area (TPSA) is 74.2 Å². The van der Waals surface area contributed by atoms with Crippen molar-refractivity contribution < 1.29 is 31.1 Å². The molecule has 0 fully saturated rings. The maximum atomic E-state index is 15.6. The van der Waals surface area contributed by atoms with Gasteiger partial charge < -0.3 is 4.74 Å². The van der Waals surface area contributed by atoms with E-state index in [2.05, 4.69) is 24.1 Å². The lowest BCUT2D eigenvalue weighted by molar-refractivity contribution is -0.276. The van der Waals surface area contributed by atoms with Crippen LogP contribution < -0.4 is 4.74 Å². The molecule has 0 unspecified atom stereocenters. The number of benzene rings is 3. The first kappa shape index (κ1) is 28.7. The van der Waals surface area contributed by atoms with Crippen LogP contribution in [0.25, 0.3) is 52.9 Å². The van der Waals surface area contributed by atoms with Crippen molar-refractivity contribution in [1.29, 1.82) is 10.5 Å². The van der Waals surface area contributed by atoms with Crippen molar-refractivity contribution in [2.45, 2.75) is 6.36 Å². The fourth-order valence-corrected chi connectivity index (χ4v) is 5.16. The lowest BCUT2D eigenvalue weighted by Gasteiger charge is -2.16. The van der Waals surface area contributed by atoms with E-state index in [0.29, 0.717) is 16.7 Å². The molecule has 0 heterocycles. The van der Waals surface area contributed by atoms with Crippen LogP contribution in [0.5, 0.6) is 5.75 Å². The van der Waals surface area contributed by atoms with Crippen LogP contribution in [0.15, 0.2) is 47.8 Å². The Bertz CT molecular complexity index is 2200. The van der Waals surface area contributed by atoms with E-state index in [1.165, 1.54) is 36.4 Å². The minimum absolute atomic E-state index is 0.0841. The predicted octanol–water partition coefficient (Wildman–Crippen LogP) is 8.69. The third kappa shape index (κ3) is 4.10. The molecule has 0 saturated carbocycles. The van der Waals surface area contributed by atoms with E-state index in [1.54, 1.807) is 12.1 Å². The SMILES string of the molecule is [C-]#[N+]C1=C(c2ccc3c(c2)/C(=C(\C#N)[N+]#[C-])c2cc([N+]#[C-])ccc2-3)/C(=C(/C#N)[N+]#[C-])c2c(F)c(OC(F)(F)F)c(F)c(F)c21. The highest BCUT2D eigenvalue weighted by atomic mass is 19.4. The number of rotatable bonds is 2. The molecule has 208 valence electrons. The van der Waals surface area contributed by atoms with E-state index in [9.17, 15) is 28.1 Å². The molecule has 0 N–H and O–H groups in total. The summed E-state index contributed by atoms with van der Waals surface area (Å²) in [6.07, 6.45) is -5.66. The fourth-order valence-electron chi connectivity index (χ4n) is 5.16. The molecule has 5 rings (SSSR count). The Balaban J connectivity index is 1.89. The molecule has 0 atom stereocenters. The largest absolute Gasteiger partial charge is 0.573 e. The minimum atomic E-state index is -5.66. The van der Waals surface area contributed by atoms with Crippen molar-refractivity contribution in [3.8, 4) is 29.0 Å². The first-order valence-electron chi connectivity index (χ1n) is 11.8. The van der Waals surface area contributed by atoms with Gasteiger partial charge in [0.25, 0.3) is 11.4 Å². The Kier molecular flexibility index (Phi) is 6.68. The van der Waals surface area contributed by atoms with E-state index in [1.807, 2.05) is 0 Å². The molecular weight excluding hydrogens is 586 g/mol.